The zero-order valence-corrected chi connectivity index (χ0v) is 12.2. The van der Waals surface area contributed by atoms with E-state index in [0.717, 1.165) is 18.2 Å². The van der Waals surface area contributed by atoms with Gasteiger partial charge in [0.25, 0.3) is 11.4 Å². The molecular formula is C16H14N4O3. The molecule has 23 heavy (non-hydrogen) atoms. The van der Waals surface area contributed by atoms with Gasteiger partial charge in [0.2, 0.25) is 5.91 Å². The van der Waals surface area contributed by atoms with Gasteiger partial charge in [0, 0.05) is 17.4 Å². The third kappa shape index (κ3) is 2.40. The number of nitrogens with zero attached hydrogens (tertiary/aromatic N) is 3. The molecule has 0 atom stereocenters. The van der Waals surface area contributed by atoms with Crippen LogP contribution in [0.15, 0.2) is 39.6 Å². The van der Waals surface area contributed by atoms with E-state index in [2.05, 4.69) is 10.1 Å². The second-order valence-electron chi connectivity index (χ2n) is 5.70. The summed E-state index contributed by atoms with van der Waals surface area (Å²) in [5.41, 5.74) is 6.09. The summed E-state index contributed by atoms with van der Waals surface area (Å²) in [5, 5.41) is 4.76. The molecule has 1 aliphatic carbocycles. The van der Waals surface area contributed by atoms with Crippen LogP contribution in [0.5, 0.6) is 0 Å². The number of hydrogen-bond acceptors (Lipinski definition) is 5. The predicted octanol–water partition coefficient (Wildman–Crippen LogP) is 1.41. The lowest BCUT2D eigenvalue weighted by molar-refractivity contribution is -0.118. The molecule has 0 unspecified atom stereocenters. The van der Waals surface area contributed by atoms with Crippen LogP contribution in [-0.4, -0.2) is 20.6 Å². The van der Waals surface area contributed by atoms with E-state index in [1.165, 1.54) is 10.6 Å². The molecule has 1 aliphatic rings. The molecule has 1 amide bonds. The van der Waals surface area contributed by atoms with Crippen molar-refractivity contribution in [1.82, 2.24) is 14.7 Å². The maximum Gasteiger partial charge on any atom is 0.258 e. The van der Waals surface area contributed by atoms with Crippen LogP contribution in [-0.2, 0) is 11.3 Å². The standard InChI is InChI=1S/C16H14N4O3/c17-13(21)8-20-12-4-2-1-3-10(12)11(7-14(20)22)16-18-15(19-23-16)9-5-6-9/h1-4,7,9H,5-6,8H2,(H2,17,21). The number of pyridine rings is 1. The van der Waals surface area contributed by atoms with Gasteiger partial charge in [-0.25, -0.2) is 0 Å². The van der Waals surface area contributed by atoms with E-state index in [4.69, 9.17) is 10.3 Å². The maximum atomic E-state index is 12.4. The molecule has 1 saturated carbocycles. The van der Waals surface area contributed by atoms with Crippen molar-refractivity contribution in [3.8, 4) is 11.5 Å². The average Bonchev–Trinajstić information content (AvgIpc) is 3.27. The summed E-state index contributed by atoms with van der Waals surface area (Å²) in [6, 6.07) is 8.68. The van der Waals surface area contributed by atoms with Gasteiger partial charge in [0.15, 0.2) is 5.82 Å². The van der Waals surface area contributed by atoms with Crippen LogP contribution in [0.25, 0.3) is 22.4 Å². The largest absolute Gasteiger partial charge is 0.368 e. The van der Waals surface area contributed by atoms with E-state index in [9.17, 15) is 9.59 Å². The van der Waals surface area contributed by atoms with Crippen LogP contribution >= 0.6 is 0 Å². The topological polar surface area (TPSA) is 104 Å². The van der Waals surface area contributed by atoms with Crippen LogP contribution in [0.4, 0.5) is 0 Å². The number of nitrogens with two attached hydrogens (primary N) is 1. The van der Waals surface area contributed by atoms with E-state index >= 15 is 0 Å². The molecule has 0 aliphatic heterocycles. The second-order valence-corrected chi connectivity index (χ2v) is 5.70. The fraction of sp³-hybridized carbons (Fsp3) is 0.250. The van der Waals surface area contributed by atoms with Crippen molar-refractivity contribution >= 4 is 16.8 Å². The lowest BCUT2D eigenvalue weighted by atomic mass is 10.1. The first kappa shape index (κ1) is 13.7. The zero-order valence-electron chi connectivity index (χ0n) is 12.2. The number of aromatic nitrogens is 3. The van der Waals surface area contributed by atoms with Gasteiger partial charge in [-0.05, 0) is 18.9 Å². The van der Waals surface area contributed by atoms with Gasteiger partial charge in [-0.15, -0.1) is 0 Å². The lowest BCUT2D eigenvalue weighted by Gasteiger charge is -2.10. The Balaban J connectivity index is 1.93. The molecule has 2 N–H and O–H groups in total. The van der Waals surface area contributed by atoms with E-state index in [-0.39, 0.29) is 12.1 Å². The Morgan fingerprint density at radius 3 is 2.87 bits per heavy atom. The molecule has 2 aromatic heterocycles. The van der Waals surface area contributed by atoms with Crippen molar-refractivity contribution in [1.29, 1.82) is 0 Å². The summed E-state index contributed by atoms with van der Waals surface area (Å²) in [4.78, 5) is 28.0. The van der Waals surface area contributed by atoms with Gasteiger partial charge >= 0.3 is 0 Å². The average molecular weight is 310 g/mol. The summed E-state index contributed by atoms with van der Waals surface area (Å²) in [5.74, 6) is 0.810. The Morgan fingerprint density at radius 1 is 1.35 bits per heavy atom. The quantitative estimate of drug-likeness (QED) is 0.784. The van der Waals surface area contributed by atoms with Gasteiger partial charge in [-0.1, -0.05) is 23.4 Å². The molecule has 0 saturated heterocycles. The van der Waals surface area contributed by atoms with Gasteiger partial charge < -0.3 is 10.3 Å². The highest BCUT2D eigenvalue weighted by atomic mass is 16.5. The monoisotopic (exact) mass is 310 g/mol. The third-order valence-electron chi connectivity index (χ3n) is 3.95. The second kappa shape index (κ2) is 5.05. The predicted molar refractivity (Wildman–Crippen MR) is 82.7 cm³/mol. The molecule has 0 spiro atoms. The van der Waals surface area contributed by atoms with Crippen molar-refractivity contribution in [3.63, 3.8) is 0 Å². The summed E-state index contributed by atoms with van der Waals surface area (Å²) in [6.07, 6.45) is 2.14. The minimum Gasteiger partial charge on any atom is -0.368 e. The first-order valence-corrected chi connectivity index (χ1v) is 7.38. The van der Waals surface area contributed by atoms with E-state index < -0.39 is 5.91 Å². The molecule has 7 heteroatoms. The Bertz CT molecular complexity index is 969. The minimum atomic E-state index is -0.571. The number of hydrogen-bond donors (Lipinski definition) is 1. The molecule has 3 aromatic rings. The molecule has 2 heterocycles. The highest BCUT2D eigenvalue weighted by Gasteiger charge is 2.29. The number of carbonyl (C=O) groups is 1. The maximum absolute atomic E-state index is 12.4. The number of amides is 1. The first-order chi connectivity index (χ1) is 11.1. The highest BCUT2D eigenvalue weighted by molar-refractivity contribution is 5.93. The van der Waals surface area contributed by atoms with Gasteiger partial charge in [-0.2, -0.15) is 4.98 Å². The summed E-state index contributed by atoms with van der Waals surface area (Å²) in [6.45, 7) is -0.170. The van der Waals surface area contributed by atoms with E-state index in [0.29, 0.717) is 28.7 Å². The normalized spacial score (nSPS) is 14.3. The van der Waals surface area contributed by atoms with Crippen molar-refractivity contribution in [2.45, 2.75) is 25.3 Å². The molecule has 1 aromatic carbocycles. The lowest BCUT2D eigenvalue weighted by Crippen LogP contribution is -2.28. The Hall–Kier alpha value is -2.96. The summed E-state index contributed by atoms with van der Waals surface area (Å²) >= 11 is 0. The highest BCUT2D eigenvalue weighted by Crippen LogP contribution is 2.39. The molecule has 1 fully saturated rings. The van der Waals surface area contributed by atoms with Crippen molar-refractivity contribution < 1.29 is 9.32 Å². The van der Waals surface area contributed by atoms with Crippen molar-refractivity contribution in [3.05, 3.63) is 46.5 Å². The number of carbonyl (C=O) groups excluding carboxylic acids is 1. The molecule has 116 valence electrons. The molecular weight excluding hydrogens is 296 g/mol. The Kier molecular flexibility index (Phi) is 3.00. The fourth-order valence-electron chi connectivity index (χ4n) is 2.68. The van der Waals surface area contributed by atoms with Gasteiger partial charge in [-0.3, -0.25) is 14.2 Å². The summed E-state index contributed by atoms with van der Waals surface area (Å²) < 4.78 is 6.68. The Morgan fingerprint density at radius 2 is 2.13 bits per heavy atom. The number of benzene rings is 1. The minimum absolute atomic E-state index is 0.170. The van der Waals surface area contributed by atoms with Crippen LogP contribution in [0.1, 0.15) is 24.6 Å². The number of fused-ring (bicyclic) bond motifs is 1. The SMILES string of the molecule is NC(=O)Cn1c(=O)cc(-c2nc(C3CC3)no2)c2ccccc21. The number of rotatable bonds is 4. The molecule has 7 nitrogen and oxygen atoms in total. The van der Waals surface area contributed by atoms with Crippen molar-refractivity contribution in [2.75, 3.05) is 0 Å². The van der Waals surface area contributed by atoms with Crippen LogP contribution in [0.2, 0.25) is 0 Å². The number of primary amides is 1. The van der Waals surface area contributed by atoms with Crippen LogP contribution in [0, 0.1) is 0 Å². The van der Waals surface area contributed by atoms with Crippen molar-refractivity contribution in [2.24, 2.45) is 5.73 Å². The van der Waals surface area contributed by atoms with E-state index in [1.54, 1.807) is 12.1 Å². The number of para-hydroxylation sites is 1. The van der Waals surface area contributed by atoms with Gasteiger partial charge in [0.05, 0.1) is 11.1 Å². The fourth-order valence-corrected chi connectivity index (χ4v) is 2.68. The Labute approximate surface area is 130 Å². The smallest absolute Gasteiger partial charge is 0.258 e. The molecule has 0 bridgehead atoms. The zero-order chi connectivity index (χ0) is 16.0. The van der Waals surface area contributed by atoms with Gasteiger partial charge in [0.1, 0.15) is 6.54 Å². The molecule has 0 radical (unpaired) electrons. The van der Waals surface area contributed by atoms with Crippen LogP contribution < -0.4 is 11.3 Å². The molecule has 4 rings (SSSR count). The van der Waals surface area contributed by atoms with E-state index in [1.807, 2.05) is 12.1 Å². The first-order valence-electron chi connectivity index (χ1n) is 7.38. The third-order valence-corrected chi connectivity index (χ3v) is 3.95. The van der Waals surface area contributed by atoms with Crippen LogP contribution in [0.3, 0.4) is 0 Å². The summed E-state index contributed by atoms with van der Waals surface area (Å²) in [7, 11) is 0.